The topological polar surface area (TPSA) is 80.2 Å². The highest BCUT2D eigenvalue weighted by molar-refractivity contribution is 5.62. The highest BCUT2D eigenvalue weighted by Gasteiger charge is 2.18. The maximum atomic E-state index is 6.41. The van der Waals surface area contributed by atoms with Crippen LogP contribution in [0.4, 0.5) is 0 Å². The second-order valence-electron chi connectivity index (χ2n) is 8.94. The molecule has 1 aliphatic rings. The van der Waals surface area contributed by atoms with Crippen molar-refractivity contribution in [1.82, 2.24) is 15.3 Å². The lowest BCUT2D eigenvalue weighted by Gasteiger charge is -2.26. The van der Waals surface area contributed by atoms with Crippen LogP contribution in [0.25, 0.3) is 5.70 Å². The summed E-state index contributed by atoms with van der Waals surface area (Å²) < 4.78 is 0. The summed E-state index contributed by atoms with van der Waals surface area (Å²) in [5, 5.41) is 4.91. The highest BCUT2D eigenvalue weighted by Crippen LogP contribution is 2.28. The summed E-state index contributed by atoms with van der Waals surface area (Å²) in [4.78, 5) is 4.78. The van der Waals surface area contributed by atoms with Crippen LogP contribution in [0, 0.1) is 18.3 Å². The van der Waals surface area contributed by atoms with E-state index in [-0.39, 0.29) is 5.41 Å². The number of nitrogens with one attached hydrogen (secondary N) is 1. The Morgan fingerprint density at radius 3 is 2.42 bits per heavy atom. The molecule has 5 heteroatoms. The van der Waals surface area contributed by atoms with Gasteiger partial charge in [-0.25, -0.2) is 5.84 Å². The van der Waals surface area contributed by atoms with Gasteiger partial charge in [-0.15, -0.1) is 0 Å². The minimum Gasteiger partial charge on any atom is -0.394 e. The zero-order chi connectivity index (χ0) is 19.3. The normalized spacial score (nSPS) is 17.0. The predicted octanol–water partition coefficient (Wildman–Crippen LogP) is 3.54. The third-order valence-electron chi connectivity index (χ3n) is 5.10. The van der Waals surface area contributed by atoms with Crippen molar-refractivity contribution in [3.63, 3.8) is 0 Å². The molecular formula is C21H37N5. The standard InChI is InChI=1S/C21H37N5/c1-15-17(13-16-9-7-6-8-10-16)11-12-18(25-15)19(22)20(26(5)23)24-14-21(2,3)4/h11-12,16,24H,6-10,13-14,22-23H2,1-5H3/b20-19-. The van der Waals surface area contributed by atoms with E-state index in [4.69, 9.17) is 16.6 Å². The smallest absolute Gasteiger partial charge is 0.141 e. The lowest BCUT2D eigenvalue weighted by molar-refractivity contribution is 0.344. The van der Waals surface area contributed by atoms with Crippen LogP contribution >= 0.6 is 0 Å². The van der Waals surface area contributed by atoms with Gasteiger partial charge in [-0.3, -0.25) is 9.99 Å². The second-order valence-corrected chi connectivity index (χ2v) is 8.94. The van der Waals surface area contributed by atoms with Gasteiger partial charge in [0.05, 0.1) is 11.4 Å². The molecule has 0 amide bonds. The van der Waals surface area contributed by atoms with E-state index in [0.29, 0.717) is 11.5 Å². The fraction of sp³-hybridized carbons (Fsp3) is 0.667. The number of hydrazine groups is 1. The van der Waals surface area contributed by atoms with Gasteiger partial charge in [0.25, 0.3) is 0 Å². The zero-order valence-corrected chi connectivity index (χ0v) is 17.2. The monoisotopic (exact) mass is 359 g/mol. The van der Waals surface area contributed by atoms with Crippen LogP contribution in [0.1, 0.15) is 69.8 Å². The SMILES string of the molecule is Cc1nc(/C(N)=C(\NCC(C)(C)C)N(C)N)ccc1CC1CCCCC1. The first kappa shape index (κ1) is 20.6. The Balaban J connectivity index is 2.18. The van der Waals surface area contributed by atoms with Gasteiger partial charge in [0, 0.05) is 19.3 Å². The average molecular weight is 360 g/mol. The number of hydrogen-bond donors (Lipinski definition) is 3. The summed E-state index contributed by atoms with van der Waals surface area (Å²) in [5.74, 6) is 7.52. The molecule has 0 saturated heterocycles. The van der Waals surface area contributed by atoms with Gasteiger partial charge in [-0.05, 0) is 36.3 Å². The van der Waals surface area contributed by atoms with Crippen molar-refractivity contribution < 1.29 is 0 Å². The average Bonchev–Trinajstić information content (AvgIpc) is 2.56. The number of nitrogens with zero attached hydrogens (tertiary/aromatic N) is 2. The molecule has 1 aliphatic carbocycles. The first-order valence-corrected chi connectivity index (χ1v) is 9.86. The molecule has 0 aromatic carbocycles. The van der Waals surface area contributed by atoms with Crippen molar-refractivity contribution in [2.75, 3.05) is 13.6 Å². The van der Waals surface area contributed by atoms with E-state index in [0.717, 1.165) is 30.3 Å². The van der Waals surface area contributed by atoms with Crippen molar-refractivity contribution in [3.8, 4) is 0 Å². The molecule has 0 radical (unpaired) electrons. The molecule has 1 fully saturated rings. The van der Waals surface area contributed by atoms with Gasteiger partial charge in [0.15, 0.2) is 0 Å². The van der Waals surface area contributed by atoms with Crippen LogP contribution in [0.15, 0.2) is 18.0 Å². The van der Waals surface area contributed by atoms with E-state index in [9.17, 15) is 0 Å². The highest BCUT2D eigenvalue weighted by atomic mass is 15.4. The fourth-order valence-corrected chi connectivity index (χ4v) is 3.54. The molecule has 1 heterocycles. The van der Waals surface area contributed by atoms with Gasteiger partial charge in [-0.2, -0.15) is 0 Å². The van der Waals surface area contributed by atoms with E-state index in [2.05, 4.69) is 39.1 Å². The molecular weight excluding hydrogens is 322 g/mol. The molecule has 0 unspecified atom stereocenters. The Morgan fingerprint density at radius 1 is 1.23 bits per heavy atom. The molecule has 1 aromatic heterocycles. The number of aryl methyl sites for hydroxylation is 1. The first-order chi connectivity index (χ1) is 12.2. The maximum Gasteiger partial charge on any atom is 0.141 e. The van der Waals surface area contributed by atoms with Crippen molar-refractivity contribution in [1.29, 1.82) is 0 Å². The van der Waals surface area contributed by atoms with E-state index < -0.39 is 0 Å². The van der Waals surface area contributed by atoms with Gasteiger partial charge in [-0.1, -0.05) is 58.9 Å². The molecule has 146 valence electrons. The van der Waals surface area contributed by atoms with E-state index in [1.807, 2.05) is 6.07 Å². The van der Waals surface area contributed by atoms with Crippen molar-refractivity contribution >= 4 is 5.70 Å². The van der Waals surface area contributed by atoms with Crippen LogP contribution < -0.4 is 16.9 Å². The van der Waals surface area contributed by atoms with Crippen LogP contribution in [-0.2, 0) is 6.42 Å². The van der Waals surface area contributed by atoms with Crippen LogP contribution in [0.2, 0.25) is 0 Å². The van der Waals surface area contributed by atoms with Crippen LogP contribution in [0.3, 0.4) is 0 Å². The molecule has 0 spiro atoms. The third kappa shape index (κ3) is 5.90. The number of nitrogens with two attached hydrogens (primary N) is 2. The number of aromatic nitrogens is 1. The molecule has 0 bridgehead atoms. The Hall–Kier alpha value is -1.75. The largest absolute Gasteiger partial charge is 0.394 e. The Morgan fingerprint density at radius 2 is 1.88 bits per heavy atom. The number of hydrogen-bond acceptors (Lipinski definition) is 5. The lowest BCUT2D eigenvalue weighted by atomic mass is 9.84. The summed E-state index contributed by atoms with van der Waals surface area (Å²) in [7, 11) is 1.79. The van der Waals surface area contributed by atoms with E-state index in [1.165, 1.54) is 42.7 Å². The first-order valence-electron chi connectivity index (χ1n) is 9.86. The molecule has 26 heavy (non-hydrogen) atoms. The molecule has 0 aliphatic heterocycles. The van der Waals surface area contributed by atoms with Gasteiger partial charge in [0.1, 0.15) is 5.82 Å². The zero-order valence-electron chi connectivity index (χ0n) is 17.2. The quantitative estimate of drug-likeness (QED) is 0.535. The van der Waals surface area contributed by atoms with Crippen LogP contribution in [0.5, 0.6) is 0 Å². The van der Waals surface area contributed by atoms with Crippen molar-refractivity contribution in [2.45, 2.75) is 66.2 Å². The molecule has 2 rings (SSSR count). The molecule has 0 atom stereocenters. The molecule has 1 aromatic rings. The molecule has 1 saturated carbocycles. The van der Waals surface area contributed by atoms with E-state index >= 15 is 0 Å². The summed E-state index contributed by atoms with van der Waals surface area (Å²) in [6, 6.07) is 4.22. The minimum atomic E-state index is 0.134. The lowest BCUT2D eigenvalue weighted by Crippen LogP contribution is -2.39. The second kappa shape index (κ2) is 8.76. The predicted molar refractivity (Wildman–Crippen MR) is 110 cm³/mol. The molecule has 5 N–H and O–H groups in total. The van der Waals surface area contributed by atoms with Crippen LogP contribution in [-0.4, -0.2) is 23.6 Å². The summed E-state index contributed by atoms with van der Waals surface area (Å²) in [6.07, 6.45) is 7.97. The van der Waals surface area contributed by atoms with Gasteiger partial charge < -0.3 is 11.1 Å². The number of pyridine rings is 1. The Bertz CT molecular complexity index is 622. The summed E-state index contributed by atoms with van der Waals surface area (Å²) in [6.45, 7) is 9.39. The number of rotatable bonds is 6. The molecule has 5 nitrogen and oxygen atoms in total. The third-order valence-corrected chi connectivity index (χ3v) is 5.10. The van der Waals surface area contributed by atoms with Crippen molar-refractivity contribution in [2.24, 2.45) is 22.9 Å². The van der Waals surface area contributed by atoms with Gasteiger partial charge >= 0.3 is 0 Å². The van der Waals surface area contributed by atoms with Gasteiger partial charge in [0.2, 0.25) is 0 Å². The Kier molecular flexibility index (Phi) is 6.93. The maximum absolute atomic E-state index is 6.41. The van der Waals surface area contributed by atoms with E-state index in [1.54, 1.807) is 7.05 Å². The minimum absolute atomic E-state index is 0.134. The summed E-state index contributed by atoms with van der Waals surface area (Å²) >= 11 is 0. The summed E-state index contributed by atoms with van der Waals surface area (Å²) in [5.41, 5.74) is 10.3. The fourth-order valence-electron chi connectivity index (χ4n) is 3.54. The van der Waals surface area contributed by atoms with Crippen molar-refractivity contribution in [3.05, 3.63) is 34.9 Å². The Labute approximate surface area is 159 Å².